The molecule has 0 atom stereocenters. The zero-order valence-electron chi connectivity index (χ0n) is 11.7. The molecule has 2 rings (SSSR count). The smallest absolute Gasteiger partial charge is 0.218 e. The van der Waals surface area contributed by atoms with Crippen molar-refractivity contribution in [3.05, 3.63) is 11.9 Å². The minimum absolute atomic E-state index is 0.489. The highest BCUT2D eigenvalue weighted by Crippen LogP contribution is 2.27. The number of aromatic nitrogens is 2. The van der Waals surface area contributed by atoms with Crippen LogP contribution >= 0.6 is 11.6 Å². The quantitative estimate of drug-likeness (QED) is 0.842. The van der Waals surface area contributed by atoms with E-state index in [0.717, 1.165) is 30.4 Å². The van der Waals surface area contributed by atoms with Gasteiger partial charge in [0.25, 0.3) is 0 Å². The molecular formula is C14H22ClN3O. The minimum atomic E-state index is 0.489. The SMILES string of the molecule is CCOc1cc(NC2CCC(CCl)CC2)nc(C)n1. The average Bonchev–Trinajstić information content (AvgIpc) is 2.39. The number of nitrogens with one attached hydrogen (secondary N) is 1. The van der Waals surface area contributed by atoms with E-state index in [1.165, 1.54) is 12.8 Å². The third-order valence-electron chi connectivity index (χ3n) is 3.52. The number of rotatable bonds is 5. The second-order valence-corrected chi connectivity index (χ2v) is 5.40. The summed E-state index contributed by atoms with van der Waals surface area (Å²) in [7, 11) is 0. The number of halogens is 1. The van der Waals surface area contributed by atoms with E-state index in [0.29, 0.717) is 24.4 Å². The molecule has 1 N–H and O–H groups in total. The Bertz CT molecular complexity index is 406. The summed E-state index contributed by atoms with van der Waals surface area (Å²) in [6, 6.07) is 2.37. The van der Waals surface area contributed by atoms with E-state index in [9.17, 15) is 0 Å². The average molecular weight is 284 g/mol. The Hall–Kier alpha value is -1.03. The molecule has 0 saturated heterocycles. The first-order valence-electron chi connectivity index (χ1n) is 7.02. The van der Waals surface area contributed by atoms with Crippen molar-refractivity contribution in [3.8, 4) is 5.88 Å². The number of aryl methyl sites for hydroxylation is 1. The Morgan fingerprint density at radius 3 is 2.68 bits per heavy atom. The highest BCUT2D eigenvalue weighted by Gasteiger charge is 2.20. The Morgan fingerprint density at radius 1 is 1.32 bits per heavy atom. The topological polar surface area (TPSA) is 47.0 Å². The highest BCUT2D eigenvalue weighted by molar-refractivity contribution is 6.18. The molecule has 19 heavy (non-hydrogen) atoms. The van der Waals surface area contributed by atoms with Gasteiger partial charge in [-0.05, 0) is 45.4 Å². The summed E-state index contributed by atoms with van der Waals surface area (Å²) in [5.41, 5.74) is 0. The van der Waals surface area contributed by atoms with Gasteiger partial charge in [-0.2, -0.15) is 4.98 Å². The largest absolute Gasteiger partial charge is 0.478 e. The second kappa shape index (κ2) is 6.94. The second-order valence-electron chi connectivity index (χ2n) is 5.09. The molecule has 0 amide bonds. The van der Waals surface area contributed by atoms with Crippen LogP contribution in [0.1, 0.15) is 38.4 Å². The minimum Gasteiger partial charge on any atom is -0.478 e. The van der Waals surface area contributed by atoms with Crippen molar-refractivity contribution in [2.75, 3.05) is 17.8 Å². The summed E-state index contributed by atoms with van der Waals surface area (Å²) in [5.74, 6) is 3.72. The van der Waals surface area contributed by atoms with Crippen LogP contribution in [0.2, 0.25) is 0 Å². The van der Waals surface area contributed by atoms with E-state index in [2.05, 4.69) is 15.3 Å². The van der Waals surface area contributed by atoms with Crippen molar-refractivity contribution < 1.29 is 4.74 Å². The fourth-order valence-corrected chi connectivity index (χ4v) is 2.81. The molecule has 0 radical (unpaired) electrons. The number of anilines is 1. The summed E-state index contributed by atoms with van der Waals surface area (Å²) in [6.45, 7) is 4.47. The van der Waals surface area contributed by atoms with Gasteiger partial charge in [-0.25, -0.2) is 4.98 Å². The van der Waals surface area contributed by atoms with Gasteiger partial charge in [0.2, 0.25) is 5.88 Å². The molecule has 0 spiro atoms. The molecular weight excluding hydrogens is 262 g/mol. The van der Waals surface area contributed by atoms with E-state index in [1.807, 2.05) is 19.9 Å². The van der Waals surface area contributed by atoms with Gasteiger partial charge < -0.3 is 10.1 Å². The first-order valence-corrected chi connectivity index (χ1v) is 7.55. The molecule has 1 aliphatic rings. The Kier molecular flexibility index (Phi) is 5.25. The predicted molar refractivity (Wildman–Crippen MR) is 78.0 cm³/mol. The van der Waals surface area contributed by atoms with Crippen LogP contribution in [0.15, 0.2) is 6.07 Å². The van der Waals surface area contributed by atoms with Crippen LogP contribution in [0.3, 0.4) is 0 Å². The first-order chi connectivity index (χ1) is 9.21. The third-order valence-corrected chi connectivity index (χ3v) is 3.96. The van der Waals surface area contributed by atoms with Gasteiger partial charge in [-0.15, -0.1) is 11.6 Å². The van der Waals surface area contributed by atoms with Gasteiger partial charge in [-0.1, -0.05) is 0 Å². The summed E-state index contributed by atoms with van der Waals surface area (Å²) >= 11 is 5.91. The predicted octanol–water partition coefficient (Wildman–Crippen LogP) is 3.39. The maximum Gasteiger partial charge on any atom is 0.218 e. The number of ether oxygens (including phenoxy) is 1. The molecule has 1 fully saturated rings. The summed E-state index contributed by atoms with van der Waals surface area (Å²) in [5, 5.41) is 3.49. The highest BCUT2D eigenvalue weighted by atomic mass is 35.5. The molecule has 0 bridgehead atoms. The molecule has 4 nitrogen and oxygen atoms in total. The first kappa shape index (κ1) is 14.4. The maximum absolute atomic E-state index is 5.91. The Labute approximate surface area is 119 Å². The van der Waals surface area contributed by atoms with Crippen LogP contribution in [-0.4, -0.2) is 28.5 Å². The number of hydrogen-bond donors (Lipinski definition) is 1. The molecule has 1 aromatic rings. The molecule has 1 heterocycles. The van der Waals surface area contributed by atoms with E-state index in [1.54, 1.807) is 0 Å². The van der Waals surface area contributed by atoms with Gasteiger partial charge in [0.1, 0.15) is 11.6 Å². The van der Waals surface area contributed by atoms with E-state index in [-0.39, 0.29) is 0 Å². The summed E-state index contributed by atoms with van der Waals surface area (Å²) in [4.78, 5) is 8.67. The van der Waals surface area contributed by atoms with Gasteiger partial charge in [-0.3, -0.25) is 0 Å². The number of nitrogens with zero attached hydrogens (tertiary/aromatic N) is 2. The lowest BCUT2D eigenvalue weighted by Crippen LogP contribution is -2.27. The van der Waals surface area contributed by atoms with Crippen LogP contribution in [0, 0.1) is 12.8 Å². The molecule has 0 aromatic carbocycles. The van der Waals surface area contributed by atoms with Gasteiger partial charge in [0.15, 0.2) is 0 Å². The van der Waals surface area contributed by atoms with E-state index in [4.69, 9.17) is 16.3 Å². The van der Waals surface area contributed by atoms with E-state index < -0.39 is 0 Å². The van der Waals surface area contributed by atoms with Crippen molar-refractivity contribution >= 4 is 17.4 Å². The molecule has 1 aliphatic carbocycles. The molecule has 1 aromatic heterocycles. The van der Waals surface area contributed by atoms with Gasteiger partial charge in [0.05, 0.1) is 6.61 Å². The van der Waals surface area contributed by atoms with Crippen molar-refractivity contribution in [3.63, 3.8) is 0 Å². The fourth-order valence-electron chi connectivity index (χ4n) is 2.51. The van der Waals surface area contributed by atoms with Crippen LogP contribution < -0.4 is 10.1 Å². The normalized spacial score (nSPS) is 23.1. The maximum atomic E-state index is 5.91. The zero-order chi connectivity index (χ0) is 13.7. The Balaban J connectivity index is 1.95. The van der Waals surface area contributed by atoms with Crippen LogP contribution in [0.5, 0.6) is 5.88 Å². The molecule has 5 heteroatoms. The fraction of sp³-hybridized carbons (Fsp3) is 0.714. The monoisotopic (exact) mass is 283 g/mol. The van der Waals surface area contributed by atoms with Crippen LogP contribution in [0.4, 0.5) is 5.82 Å². The lowest BCUT2D eigenvalue weighted by molar-refractivity contribution is 0.325. The van der Waals surface area contributed by atoms with Crippen molar-refractivity contribution in [1.29, 1.82) is 0 Å². The third kappa shape index (κ3) is 4.23. The van der Waals surface area contributed by atoms with Crippen molar-refractivity contribution in [2.24, 2.45) is 5.92 Å². The standard InChI is InChI=1S/C14H22ClN3O/c1-3-19-14-8-13(16-10(2)17-14)18-12-6-4-11(9-15)5-7-12/h8,11-12H,3-7,9H2,1-2H3,(H,16,17,18). The Morgan fingerprint density at radius 2 is 2.05 bits per heavy atom. The van der Waals surface area contributed by atoms with Gasteiger partial charge in [0, 0.05) is 18.0 Å². The van der Waals surface area contributed by atoms with Gasteiger partial charge >= 0.3 is 0 Å². The molecule has 1 saturated carbocycles. The van der Waals surface area contributed by atoms with Crippen LogP contribution in [-0.2, 0) is 0 Å². The van der Waals surface area contributed by atoms with Crippen LogP contribution in [0.25, 0.3) is 0 Å². The zero-order valence-corrected chi connectivity index (χ0v) is 12.4. The lowest BCUT2D eigenvalue weighted by Gasteiger charge is -2.28. The van der Waals surface area contributed by atoms with Crippen molar-refractivity contribution in [2.45, 2.75) is 45.6 Å². The molecule has 0 aliphatic heterocycles. The van der Waals surface area contributed by atoms with Crippen molar-refractivity contribution in [1.82, 2.24) is 9.97 Å². The number of alkyl halides is 1. The molecule has 106 valence electrons. The lowest BCUT2D eigenvalue weighted by atomic mass is 9.87. The number of hydrogen-bond acceptors (Lipinski definition) is 4. The summed E-state index contributed by atoms with van der Waals surface area (Å²) in [6.07, 6.45) is 4.71. The molecule has 0 unspecified atom stereocenters. The summed E-state index contributed by atoms with van der Waals surface area (Å²) < 4.78 is 5.44. The van der Waals surface area contributed by atoms with E-state index >= 15 is 0 Å².